The molecular formula is C10H13N5O3S. The molecule has 0 spiro atoms. The fourth-order valence-electron chi connectivity index (χ4n) is 1.57. The summed E-state index contributed by atoms with van der Waals surface area (Å²) in [5.41, 5.74) is -0.321. The van der Waals surface area contributed by atoms with Gasteiger partial charge in [-0.25, -0.2) is 14.9 Å². The molecule has 2 aromatic rings. The summed E-state index contributed by atoms with van der Waals surface area (Å²) >= 11 is 1.03. The molecule has 102 valence electrons. The van der Waals surface area contributed by atoms with E-state index in [0.717, 1.165) is 24.7 Å². The van der Waals surface area contributed by atoms with Gasteiger partial charge in [0.2, 0.25) is 0 Å². The highest BCUT2D eigenvalue weighted by Crippen LogP contribution is 2.12. The monoisotopic (exact) mass is 283 g/mol. The van der Waals surface area contributed by atoms with Crippen LogP contribution in [0, 0.1) is 0 Å². The van der Waals surface area contributed by atoms with Crippen molar-refractivity contribution in [1.82, 2.24) is 24.3 Å². The molecule has 0 aliphatic heterocycles. The van der Waals surface area contributed by atoms with E-state index in [4.69, 9.17) is 5.11 Å². The number of aryl methyl sites for hydroxylation is 1. The summed E-state index contributed by atoms with van der Waals surface area (Å²) in [5.74, 6) is -1.06. The van der Waals surface area contributed by atoms with Crippen molar-refractivity contribution in [2.24, 2.45) is 0 Å². The van der Waals surface area contributed by atoms with Crippen LogP contribution in [0.4, 0.5) is 0 Å². The minimum atomic E-state index is -0.939. The van der Waals surface area contributed by atoms with E-state index in [2.05, 4.69) is 15.2 Å². The number of nitrogens with zero attached hydrogens (tertiary/aromatic N) is 4. The third kappa shape index (κ3) is 3.71. The van der Waals surface area contributed by atoms with Gasteiger partial charge < -0.3 is 9.67 Å². The largest absolute Gasteiger partial charge is 0.481 e. The van der Waals surface area contributed by atoms with Crippen LogP contribution in [0.25, 0.3) is 0 Å². The van der Waals surface area contributed by atoms with Crippen molar-refractivity contribution in [2.75, 3.05) is 5.75 Å². The number of nitrogens with one attached hydrogen (secondary N) is 1. The molecule has 0 atom stereocenters. The van der Waals surface area contributed by atoms with Crippen molar-refractivity contribution in [2.45, 2.75) is 24.7 Å². The highest BCUT2D eigenvalue weighted by molar-refractivity contribution is 7.99. The number of carboxylic acid groups (broad SMARTS) is 1. The summed E-state index contributed by atoms with van der Waals surface area (Å²) in [5, 5.41) is 15.2. The highest BCUT2D eigenvalue weighted by atomic mass is 32.2. The van der Waals surface area contributed by atoms with Gasteiger partial charge in [0.25, 0.3) is 0 Å². The molecule has 0 bridgehead atoms. The van der Waals surface area contributed by atoms with Gasteiger partial charge in [-0.15, -0.1) is 5.10 Å². The predicted octanol–water partition coefficient (Wildman–Crippen LogP) is 0.0349. The number of aliphatic carboxylic acids is 1. The van der Waals surface area contributed by atoms with Crippen LogP contribution in [0.1, 0.15) is 6.42 Å². The third-order valence-corrected chi connectivity index (χ3v) is 3.37. The molecule has 2 heterocycles. The molecule has 8 nitrogen and oxygen atoms in total. The fourth-order valence-corrected chi connectivity index (χ4v) is 2.26. The summed E-state index contributed by atoms with van der Waals surface area (Å²) in [6.07, 6.45) is 5.98. The van der Waals surface area contributed by atoms with Crippen LogP contribution in [0.2, 0.25) is 0 Å². The number of aromatic nitrogens is 5. The smallest absolute Gasteiger partial charge is 0.343 e. The zero-order valence-corrected chi connectivity index (χ0v) is 10.8. The van der Waals surface area contributed by atoms with Crippen molar-refractivity contribution in [3.8, 4) is 0 Å². The lowest BCUT2D eigenvalue weighted by Gasteiger charge is -2.05. The van der Waals surface area contributed by atoms with Gasteiger partial charge in [0.1, 0.15) is 0 Å². The molecule has 0 unspecified atom stereocenters. The van der Waals surface area contributed by atoms with E-state index in [0.29, 0.717) is 11.7 Å². The molecule has 0 fully saturated rings. The zero-order chi connectivity index (χ0) is 13.7. The number of carboxylic acids is 1. The molecule has 0 saturated heterocycles. The van der Waals surface area contributed by atoms with Gasteiger partial charge in [-0.05, 0) is 6.42 Å². The van der Waals surface area contributed by atoms with E-state index in [1.165, 1.54) is 4.57 Å². The van der Waals surface area contributed by atoms with Gasteiger partial charge in [-0.2, -0.15) is 0 Å². The number of hydrogen-bond acceptors (Lipinski definition) is 5. The van der Waals surface area contributed by atoms with Crippen LogP contribution in [-0.4, -0.2) is 41.1 Å². The molecule has 9 heteroatoms. The topological polar surface area (TPSA) is 106 Å². The molecule has 0 saturated carbocycles. The molecule has 2 N–H and O–H groups in total. The van der Waals surface area contributed by atoms with E-state index in [9.17, 15) is 9.59 Å². The molecule has 2 aromatic heterocycles. The van der Waals surface area contributed by atoms with Crippen molar-refractivity contribution in [1.29, 1.82) is 0 Å². The van der Waals surface area contributed by atoms with Crippen molar-refractivity contribution < 1.29 is 9.90 Å². The quantitative estimate of drug-likeness (QED) is 0.695. The van der Waals surface area contributed by atoms with Crippen LogP contribution in [0.15, 0.2) is 28.7 Å². The Morgan fingerprint density at radius 3 is 3.00 bits per heavy atom. The lowest BCUT2D eigenvalue weighted by molar-refractivity contribution is -0.133. The summed E-state index contributed by atoms with van der Waals surface area (Å²) < 4.78 is 3.36. The molecule has 0 amide bonds. The maximum Gasteiger partial charge on any atom is 0.343 e. The van der Waals surface area contributed by atoms with Gasteiger partial charge in [-0.3, -0.25) is 9.36 Å². The van der Waals surface area contributed by atoms with Crippen LogP contribution in [0.5, 0.6) is 0 Å². The second kappa shape index (κ2) is 6.23. The van der Waals surface area contributed by atoms with Crippen LogP contribution >= 0.6 is 11.8 Å². The van der Waals surface area contributed by atoms with E-state index >= 15 is 0 Å². The maximum absolute atomic E-state index is 11.5. The molecule has 0 aromatic carbocycles. The second-order valence-electron chi connectivity index (χ2n) is 3.80. The Kier molecular flexibility index (Phi) is 4.39. The Hall–Kier alpha value is -2.03. The van der Waals surface area contributed by atoms with E-state index in [-0.39, 0.29) is 11.4 Å². The number of carbonyl (C=O) groups is 1. The van der Waals surface area contributed by atoms with Gasteiger partial charge in [0, 0.05) is 25.5 Å². The van der Waals surface area contributed by atoms with Gasteiger partial charge in [0.15, 0.2) is 5.16 Å². The SMILES string of the molecule is O=C(O)CSc1n[nH]c(=O)n1CCCn1ccnc1. The van der Waals surface area contributed by atoms with Crippen LogP contribution < -0.4 is 5.69 Å². The molecular weight excluding hydrogens is 270 g/mol. The second-order valence-corrected chi connectivity index (χ2v) is 4.74. The average Bonchev–Trinajstić information content (AvgIpc) is 2.99. The average molecular weight is 283 g/mol. The summed E-state index contributed by atoms with van der Waals surface area (Å²) in [4.78, 5) is 26.0. The minimum Gasteiger partial charge on any atom is -0.481 e. The highest BCUT2D eigenvalue weighted by Gasteiger charge is 2.10. The molecule has 19 heavy (non-hydrogen) atoms. The number of H-pyrrole nitrogens is 1. The first-order chi connectivity index (χ1) is 9.16. The predicted molar refractivity (Wildman–Crippen MR) is 68.1 cm³/mol. The van der Waals surface area contributed by atoms with E-state index in [1.807, 2.05) is 10.8 Å². The first kappa shape index (κ1) is 13.4. The standard InChI is InChI=1S/C10H13N5O3S/c16-8(17)6-19-10-13-12-9(18)15(10)4-1-3-14-5-2-11-7-14/h2,5,7H,1,3-4,6H2,(H,12,18)(H,16,17). The summed E-state index contributed by atoms with van der Waals surface area (Å²) in [7, 11) is 0. The van der Waals surface area contributed by atoms with Crippen molar-refractivity contribution in [3.63, 3.8) is 0 Å². The number of thioether (sulfide) groups is 1. The molecule has 0 aliphatic carbocycles. The third-order valence-electron chi connectivity index (χ3n) is 2.41. The van der Waals surface area contributed by atoms with Crippen molar-refractivity contribution >= 4 is 17.7 Å². The fraction of sp³-hybridized carbons (Fsp3) is 0.400. The van der Waals surface area contributed by atoms with E-state index < -0.39 is 5.97 Å². The molecule has 0 aliphatic rings. The van der Waals surface area contributed by atoms with E-state index in [1.54, 1.807) is 12.5 Å². The molecule has 0 radical (unpaired) electrons. The zero-order valence-electron chi connectivity index (χ0n) is 10.0. The lowest BCUT2D eigenvalue weighted by Crippen LogP contribution is -2.18. The maximum atomic E-state index is 11.5. The number of aromatic amines is 1. The summed E-state index contributed by atoms with van der Waals surface area (Å²) in [6.45, 7) is 1.22. The normalized spacial score (nSPS) is 10.7. The van der Waals surface area contributed by atoms with Gasteiger partial charge >= 0.3 is 11.7 Å². The van der Waals surface area contributed by atoms with Crippen LogP contribution in [0.3, 0.4) is 0 Å². The Morgan fingerprint density at radius 2 is 2.32 bits per heavy atom. The van der Waals surface area contributed by atoms with Crippen LogP contribution in [-0.2, 0) is 17.9 Å². The Balaban J connectivity index is 1.93. The number of imidazole rings is 1. The van der Waals surface area contributed by atoms with Gasteiger partial charge in [0.05, 0.1) is 12.1 Å². The number of hydrogen-bond donors (Lipinski definition) is 2. The summed E-state index contributed by atoms with van der Waals surface area (Å²) in [6, 6.07) is 0. The number of rotatable bonds is 7. The lowest BCUT2D eigenvalue weighted by atomic mass is 10.4. The molecule has 2 rings (SSSR count). The Labute approximate surface area is 112 Å². The van der Waals surface area contributed by atoms with Crippen molar-refractivity contribution in [3.05, 3.63) is 29.2 Å². The Bertz CT molecular complexity index is 589. The first-order valence-corrected chi connectivity index (χ1v) is 6.61. The minimum absolute atomic E-state index is 0.119. The first-order valence-electron chi connectivity index (χ1n) is 5.62. The Morgan fingerprint density at radius 1 is 1.47 bits per heavy atom. The van der Waals surface area contributed by atoms with Gasteiger partial charge in [-0.1, -0.05) is 11.8 Å².